The zero-order valence-electron chi connectivity index (χ0n) is 15.8. The van der Waals surface area contributed by atoms with Gasteiger partial charge in [-0.15, -0.1) is 12.4 Å². The maximum absolute atomic E-state index is 13.2. The van der Waals surface area contributed by atoms with Crippen LogP contribution < -0.4 is 16.4 Å². The first-order valence-electron chi connectivity index (χ1n) is 8.98. The number of halogens is 2. The van der Waals surface area contributed by atoms with E-state index in [1.807, 2.05) is 13.8 Å². The van der Waals surface area contributed by atoms with Crippen LogP contribution in [0.15, 0.2) is 24.3 Å². The molecule has 27 heavy (non-hydrogen) atoms. The van der Waals surface area contributed by atoms with E-state index in [9.17, 15) is 14.0 Å². The van der Waals surface area contributed by atoms with Gasteiger partial charge in [-0.1, -0.05) is 26.0 Å². The second-order valence-corrected chi connectivity index (χ2v) is 7.16. The SMILES string of the molecule is CC(C)[C@H](N)C(=O)NCC(=O)NCC1(c2ccc(F)cc2)CCOCC1.Cl. The van der Waals surface area contributed by atoms with Crippen molar-refractivity contribution in [1.29, 1.82) is 0 Å². The lowest BCUT2D eigenvalue weighted by Gasteiger charge is -2.38. The van der Waals surface area contributed by atoms with Crippen molar-refractivity contribution < 1.29 is 18.7 Å². The monoisotopic (exact) mass is 401 g/mol. The van der Waals surface area contributed by atoms with Gasteiger partial charge in [0.2, 0.25) is 11.8 Å². The van der Waals surface area contributed by atoms with E-state index in [1.54, 1.807) is 12.1 Å². The molecule has 1 heterocycles. The van der Waals surface area contributed by atoms with Crippen LogP contribution in [0.5, 0.6) is 0 Å². The fourth-order valence-electron chi connectivity index (χ4n) is 3.05. The predicted molar refractivity (Wildman–Crippen MR) is 104 cm³/mol. The number of hydrogen-bond donors (Lipinski definition) is 3. The van der Waals surface area contributed by atoms with E-state index in [1.165, 1.54) is 12.1 Å². The molecule has 8 heteroatoms. The second kappa shape index (κ2) is 10.6. The van der Waals surface area contributed by atoms with Crippen molar-refractivity contribution in [3.63, 3.8) is 0 Å². The van der Waals surface area contributed by atoms with E-state index in [4.69, 9.17) is 10.5 Å². The molecule has 1 aromatic carbocycles. The molecule has 0 radical (unpaired) electrons. The lowest BCUT2D eigenvalue weighted by Crippen LogP contribution is -2.49. The molecule has 152 valence electrons. The van der Waals surface area contributed by atoms with Crippen molar-refractivity contribution in [2.24, 2.45) is 11.7 Å². The van der Waals surface area contributed by atoms with E-state index in [-0.39, 0.29) is 47.9 Å². The first-order valence-corrected chi connectivity index (χ1v) is 8.98. The minimum absolute atomic E-state index is 0. The number of ether oxygens (including phenoxy) is 1. The summed E-state index contributed by atoms with van der Waals surface area (Å²) >= 11 is 0. The van der Waals surface area contributed by atoms with Crippen LogP contribution in [0.3, 0.4) is 0 Å². The molecule has 0 spiro atoms. The first kappa shape index (κ1) is 23.3. The molecule has 4 N–H and O–H groups in total. The van der Waals surface area contributed by atoms with Gasteiger partial charge in [-0.05, 0) is 36.5 Å². The molecule has 2 rings (SSSR count). The second-order valence-electron chi connectivity index (χ2n) is 7.16. The van der Waals surface area contributed by atoms with E-state index in [0.29, 0.717) is 19.8 Å². The zero-order chi connectivity index (χ0) is 19.2. The molecule has 2 amide bonds. The number of carbonyl (C=O) groups is 2. The molecule has 6 nitrogen and oxygen atoms in total. The molecule has 1 aliphatic heterocycles. The van der Waals surface area contributed by atoms with Crippen LogP contribution in [-0.4, -0.2) is 44.2 Å². The van der Waals surface area contributed by atoms with Crippen molar-refractivity contribution in [3.8, 4) is 0 Å². The summed E-state index contributed by atoms with van der Waals surface area (Å²) in [5.41, 5.74) is 6.45. The Morgan fingerprint density at radius 3 is 2.33 bits per heavy atom. The topological polar surface area (TPSA) is 93.5 Å². The average Bonchev–Trinajstić information content (AvgIpc) is 2.65. The number of amides is 2. The van der Waals surface area contributed by atoms with Gasteiger partial charge >= 0.3 is 0 Å². The summed E-state index contributed by atoms with van der Waals surface area (Å²) < 4.78 is 18.7. The van der Waals surface area contributed by atoms with E-state index in [2.05, 4.69) is 10.6 Å². The van der Waals surface area contributed by atoms with Crippen LogP contribution in [-0.2, 0) is 19.7 Å². The minimum atomic E-state index is -0.635. The summed E-state index contributed by atoms with van der Waals surface area (Å²) in [7, 11) is 0. The molecule has 0 aromatic heterocycles. The zero-order valence-corrected chi connectivity index (χ0v) is 16.6. The van der Waals surface area contributed by atoms with Gasteiger partial charge in [0.15, 0.2) is 0 Å². The number of carbonyl (C=O) groups excluding carboxylic acids is 2. The van der Waals surface area contributed by atoms with Crippen LogP contribution in [0.1, 0.15) is 32.3 Å². The first-order chi connectivity index (χ1) is 12.3. The lowest BCUT2D eigenvalue weighted by atomic mass is 9.74. The predicted octanol–water partition coefficient (Wildman–Crippen LogP) is 1.51. The molecule has 0 saturated carbocycles. The third-order valence-corrected chi connectivity index (χ3v) is 4.97. The Hall–Kier alpha value is -1.70. The number of benzene rings is 1. The van der Waals surface area contributed by atoms with Gasteiger partial charge in [-0.2, -0.15) is 0 Å². The third kappa shape index (κ3) is 6.45. The molecular formula is C19H29ClFN3O3. The molecule has 0 unspecified atom stereocenters. The Kier molecular flexibility index (Phi) is 9.15. The van der Waals surface area contributed by atoms with Crippen molar-refractivity contribution in [1.82, 2.24) is 10.6 Å². The molecule has 1 aromatic rings. The molecule has 1 fully saturated rings. The maximum atomic E-state index is 13.2. The minimum Gasteiger partial charge on any atom is -0.381 e. The summed E-state index contributed by atoms with van der Waals surface area (Å²) in [4.78, 5) is 24.0. The highest BCUT2D eigenvalue weighted by Gasteiger charge is 2.34. The van der Waals surface area contributed by atoms with Crippen molar-refractivity contribution in [2.75, 3.05) is 26.3 Å². The maximum Gasteiger partial charge on any atom is 0.239 e. The van der Waals surface area contributed by atoms with Crippen LogP contribution in [0.4, 0.5) is 4.39 Å². The summed E-state index contributed by atoms with van der Waals surface area (Å²) in [5.74, 6) is -0.900. The summed E-state index contributed by atoms with van der Waals surface area (Å²) in [6.07, 6.45) is 1.48. The standard InChI is InChI=1S/C19H28FN3O3.ClH/c1-13(2)17(21)18(25)22-11-16(24)23-12-19(7-9-26-10-8-19)14-3-5-15(20)6-4-14;/h3-6,13,17H,7-12,21H2,1-2H3,(H,22,25)(H,23,24);1H/t17-;/m0./s1. The molecule has 0 bridgehead atoms. The highest BCUT2D eigenvalue weighted by atomic mass is 35.5. The van der Waals surface area contributed by atoms with Crippen molar-refractivity contribution in [2.45, 2.75) is 38.1 Å². The van der Waals surface area contributed by atoms with Gasteiger partial charge in [-0.25, -0.2) is 4.39 Å². The normalized spacial score (nSPS) is 16.9. The van der Waals surface area contributed by atoms with Gasteiger partial charge < -0.3 is 21.1 Å². The number of nitrogens with two attached hydrogens (primary N) is 1. The van der Waals surface area contributed by atoms with Crippen molar-refractivity contribution >= 4 is 24.2 Å². The Morgan fingerprint density at radius 2 is 1.78 bits per heavy atom. The van der Waals surface area contributed by atoms with Gasteiger partial charge in [0.05, 0.1) is 12.6 Å². The Balaban J connectivity index is 0.00000364. The van der Waals surface area contributed by atoms with E-state index >= 15 is 0 Å². The van der Waals surface area contributed by atoms with Crippen LogP contribution in [0.25, 0.3) is 0 Å². The quantitative estimate of drug-likeness (QED) is 0.645. The van der Waals surface area contributed by atoms with Crippen molar-refractivity contribution in [3.05, 3.63) is 35.6 Å². The van der Waals surface area contributed by atoms with Crippen LogP contribution in [0.2, 0.25) is 0 Å². The molecule has 0 aliphatic carbocycles. The number of rotatable bonds is 7. The molecular weight excluding hydrogens is 373 g/mol. The lowest BCUT2D eigenvalue weighted by molar-refractivity contribution is -0.127. The molecule has 1 aliphatic rings. The van der Waals surface area contributed by atoms with Gasteiger partial charge in [-0.3, -0.25) is 9.59 Å². The number of nitrogens with one attached hydrogen (secondary N) is 2. The fraction of sp³-hybridized carbons (Fsp3) is 0.579. The molecule has 1 atom stereocenters. The Bertz CT molecular complexity index is 619. The smallest absolute Gasteiger partial charge is 0.239 e. The third-order valence-electron chi connectivity index (χ3n) is 4.97. The van der Waals surface area contributed by atoms with Crippen LogP contribution in [0, 0.1) is 11.7 Å². The highest BCUT2D eigenvalue weighted by molar-refractivity contribution is 5.87. The fourth-order valence-corrected chi connectivity index (χ4v) is 3.05. The van der Waals surface area contributed by atoms with Gasteiger partial charge in [0, 0.05) is 25.2 Å². The van der Waals surface area contributed by atoms with Gasteiger partial charge in [0.1, 0.15) is 5.82 Å². The number of hydrogen-bond acceptors (Lipinski definition) is 4. The largest absolute Gasteiger partial charge is 0.381 e. The highest BCUT2D eigenvalue weighted by Crippen LogP contribution is 2.34. The summed E-state index contributed by atoms with van der Waals surface area (Å²) in [5, 5.41) is 5.45. The van der Waals surface area contributed by atoms with E-state index < -0.39 is 6.04 Å². The molecule has 1 saturated heterocycles. The van der Waals surface area contributed by atoms with E-state index in [0.717, 1.165) is 18.4 Å². The van der Waals surface area contributed by atoms with Gasteiger partial charge in [0.25, 0.3) is 0 Å². The summed E-state index contributed by atoms with van der Waals surface area (Å²) in [6, 6.07) is 5.75. The Morgan fingerprint density at radius 1 is 1.19 bits per heavy atom. The Labute approximate surface area is 165 Å². The average molecular weight is 402 g/mol. The summed E-state index contributed by atoms with van der Waals surface area (Å²) in [6.45, 7) is 5.17. The van der Waals surface area contributed by atoms with Crippen LogP contribution >= 0.6 is 12.4 Å².